The molecule has 0 aliphatic carbocycles. The number of aromatic nitrogens is 2. The Kier molecular flexibility index (Phi) is 5.55. The third-order valence-corrected chi connectivity index (χ3v) is 4.72. The van der Waals surface area contributed by atoms with E-state index in [1.807, 2.05) is 24.3 Å². The Hall–Kier alpha value is -2.83. The summed E-state index contributed by atoms with van der Waals surface area (Å²) in [7, 11) is 3.24. The van der Waals surface area contributed by atoms with Gasteiger partial charge in [0, 0.05) is 37.8 Å². The summed E-state index contributed by atoms with van der Waals surface area (Å²) in [5.41, 5.74) is 1.61. The molecule has 1 N–H and O–H groups in total. The molecule has 0 spiro atoms. The summed E-state index contributed by atoms with van der Waals surface area (Å²) in [6.45, 7) is 1.57. The molecule has 1 saturated heterocycles. The van der Waals surface area contributed by atoms with Crippen LogP contribution in [0.1, 0.15) is 18.4 Å². The number of hydrogen-bond acceptors (Lipinski definition) is 5. The Labute approximate surface area is 152 Å². The molecule has 2 heterocycles. The molecule has 0 atom stereocenters. The molecule has 1 fully saturated rings. The minimum Gasteiger partial charge on any atom is -0.496 e. The van der Waals surface area contributed by atoms with Crippen LogP contribution in [-0.4, -0.2) is 41.9 Å². The molecule has 0 unspecified atom stereocenters. The molecular weight excluding hydrogens is 332 g/mol. The zero-order chi connectivity index (χ0) is 18.5. The molecule has 2 aromatic rings. The van der Waals surface area contributed by atoms with Crippen LogP contribution in [0, 0.1) is 0 Å². The third kappa shape index (κ3) is 4.22. The van der Waals surface area contributed by atoms with Gasteiger partial charge in [0.05, 0.1) is 25.4 Å². The van der Waals surface area contributed by atoms with Crippen molar-refractivity contribution >= 4 is 11.6 Å². The van der Waals surface area contributed by atoms with Crippen LogP contribution in [0.5, 0.6) is 5.75 Å². The minimum atomic E-state index is -0.116. The lowest BCUT2D eigenvalue weighted by Gasteiger charge is -2.33. The first-order valence-corrected chi connectivity index (χ1v) is 8.76. The number of piperidine rings is 1. The van der Waals surface area contributed by atoms with E-state index in [4.69, 9.17) is 4.74 Å². The maximum Gasteiger partial charge on any atom is 0.268 e. The van der Waals surface area contributed by atoms with E-state index in [-0.39, 0.29) is 17.5 Å². The molecule has 0 bridgehead atoms. The number of carbonyl (C=O) groups excluding carboxylic acids is 1. The highest BCUT2D eigenvalue weighted by atomic mass is 16.5. The quantitative estimate of drug-likeness (QED) is 0.869. The lowest BCUT2D eigenvalue weighted by molar-refractivity contribution is -0.121. The summed E-state index contributed by atoms with van der Waals surface area (Å²) < 4.78 is 6.61. The van der Waals surface area contributed by atoms with Gasteiger partial charge in [0.2, 0.25) is 5.91 Å². The van der Waals surface area contributed by atoms with Crippen molar-refractivity contribution in [3.63, 3.8) is 0 Å². The summed E-state index contributed by atoms with van der Waals surface area (Å²) in [4.78, 5) is 26.2. The minimum absolute atomic E-state index is 0.00296. The largest absolute Gasteiger partial charge is 0.496 e. The molecule has 1 aromatic carbocycles. The predicted molar refractivity (Wildman–Crippen MR) is 99.6 cm³/mol. The second-order valence-corrected chi connectivity index (χ2v) is 6.49. The normalized spacial score (nSPS) is 14.9. The summed E-state index contributed by atoms with van der Waals surface area (Å²) >= 11 is 0. The molecule has 0 radical (unpaired) electrons. The lowest BCUT2D eigenvalue weighted by Crippen LogP contribution is -2.45. The molecule has 7 nitrogen and oxygen atoms in total. The third-order valence-electron chi connectivity index (χ3n) is 4.72. The van der Waals surface area contributed by atoms with Crippen molar-refractivity contribution in [3.8, 4) is 5.75 Å². The molecule has 7 heteroatoms. The van der Waals surface area contributed by atoms with Gasteiger partial charge in [0.1, 0.15) is 5.75 Å². The molecule has 1 aliphatic heterocycles. The first-order valence-electron chi connectivity index (χ1n) is 8.76. The fraction of sp³-hybridized carbons (Fsp3) is 0.421. The highest BCUT2D eigenvalue weighted by Crippen LogP contribution is 2.19. The fourth-order valence-corrected chi connectivity index (χ4v) is 3.22. The Balaban J connectivity index is 1.52. The van der Waals surface area contributed by atoms with Crippen LogP contribution in [0.2, 0.25) is 0 Å². The molecule has 1 amide bonds. The number of benzene rings is 1. The smallest absolute Gasteiger partial charge is 0.268 e. The van der Waals surface area contributed by atoms with Crippen LogP contribution in [0.3, 0.4) is 0 Å². The van der Waals surface area contributed by atoms with Crippen LogP contribution in [0.25, 0.3) is 0 Å². The van der Waals surface area contributed by atoms with Gasteiger partial charge in [0.15, 0.2) is 0 Å². The highest BCUT2D eigenvalue weighted by molar-refractivity contribution is 5.79. The average molecular weight is 356 g/mol. The van der Waals surface area contributed by atoms with E-state index in [0.29, 0.717) is 6.42 Å². The van der Waals surface area contributed by atoms with E-state index in [0.717, 1.165) is 42.9 Å². The monoisotopic (exact) mass is 356 g/mol. The Bertz CT molecular complexity index is 826. The number of ether oxygens (including phenoxy) is 1. The standard InChI is InChI=1S/C19H24N4O3/c1-22-19(25)12-16(13-20-22)23-9-7-15(8-10-23)21-18(24)11-14-5-3-4-6-17(14)26-2/h3-6,12-13,15H,7-11H2,1-2H3,(H,21,24). The highest BCUT2D eigenvalue weighted by Gasteiger charge is 2.22. The van der Waals surface area contributed by atoms with E-state index < -0.39 is 0 Å². The van der Waals surface area contributed by atoms with Crippen molar-refractivity contribution in [2.75, 3.05) is 25.1 Å². The van der Waals surface area contributed by atoms with Crippen molar-refractivity contribution < 1.29 is 9.53 Å². The van der Waals surface area contributed by atoms with Crippen molar-refractivity contribution in [2.45, 2.75) is 25.3 Å². The van der Waals surface area contributed by atoms with Crippen LogP contribution < -0.4 is 20.5 Å². The molecule has 1 aromatic heterocycles. The van der Waals surface area contributed by atoms with E-state index >= 15 is 0 Å². The number of anilines is 1. The number of aryl methyl sites for hydroxylation is 1. The molecule has 138 valence electrons. The number of carbonyl (C=O) groups is 1. The van der Waals surface area contributed by atoms with Gasteiger partial charge in [-0.05, 0) is 18.9 Å². The molecular formula is C19H24N4O3. The zero-order valence-electron chi connectivity index (χ0n) is 15.1. The van der Waals surface area contributed by atoms with Crippen molar-refractivity contribution in [3.05, 3.63) is 52.4 Å². The van der Waals surface area contributed by atoms with E-state index in [2.05, 4.69) is 15.3 Å². The van der Waals surface area contributed by atoms with Gasteiger partial charge in [-0.25, -0.2) is 4.68 Å². The number of amides is 1. The number of nitrogens with one attached hydrogen (secondary N) is 1. The van der Waals surface area contributed by atoms with E-state index in [9.17, 15) is 9.59 Å². The van der Waals surface area contributed by atoms with Crippen LogP contribution in [-0.2, 0) is 18.3 Å². The average Bonchev–Trinajstić information content (AvgIpc) is 2.65. The first kappa shape index (κ1) is 18.0. The van der Waals surface area contributed by atoms with Crippen molar-refractivity contribution in [2.24, 2.45) is 7.05 Å². The van der Waals surface area contributed by atoms with E-state index in [1.54, 1.807) is 26.4 Å². The maximum absolute atomic E-state index is 12.3. The number of para-hydroxylation sites is 1. The van der Waals surface area contributed by atoms with Gasteiger partial charge >= 0.3 is 0 Å². The Morgan fingerprint density at radius 3 is 2.73 bits per heavy atom. The summed E-state index contributed by atoms with van der Waals surface area (Å²) in [6, 6.07) is 9.31. The molecule has 1 aliphatic rings. The van der Waals surface area contributed by atoms with Gasteiger partial charge in [0.25, 0.3) is 5.56 Å². The van der Waals surface area contributed by atoms with Gasteiger partial charge in [-0.2, -0.15) is 5.10 Å². The molecule has 3 rings (SSSR count). The van der Waals surface area contributed by atoms with Crippen LogP contribution >= 0.6 is 0 Å². The Morgan fingerprint density at radius 2 is 2.04 bits per heavy atom. The number of hydrogen-bond donors (Lipinski definition) is 1. The lowest BCUT2D eigenvalue weighted by atomic mass is 10.0. The number of nitrogens with zero attached hydrogens (tertiary/aromatic N) is 3. The van der Waals surface area contributed by atoms with Crippen molar-refractivity contribution in [1.82, 2.24) is 15.1 Å². The topological polar surface area (TPSA) is 76.5 Å². The zero-order valence-corrected chi connectivity index (χ0v) is 15.1. The van der Waals surface area contributed by atoms with Crippen LogP contribution in [0.4, 0.5) is 5.69 Å². The summed E-state index contributed by atoms with van der Waals surface area (Å²) in [6.07, 6.45) is 3.70. The maximum atomic E-state index is 12.3. The van der Waals surface area contributed by atoms with Crippen LogP contribution in [0.15, 0.2) is 41.3 Å². The summed E-state index contributed by atoms with van der Waals surface area (Å²) in [5.74, 6) is 0.735. The number of methoxy groups -OCH3 is 1. The summed E-state index contributed by atoms with van der Waals surface area (Å²) in [5, 5.41) is 7.17. The van der Waals surface area contributed by atoms with Gasteiger partial charge in [-0.3, -0.25) is 9.59 Å². The SMILES string of the molecule is COc1ccccc1CC(=O)NC1CCN(c2cnn(C)c(=O)c2)CC1. The van der Waals surface area contributed by atoms with Crippen molar-refractivity contribution in [1.29, 1.82) is 0 Å². The van der Waals surface area contributed by atoms with Gasteiger partial charge in [-0.15, -0.1) is 0 Å². The Morgan fingerprint density at radius 1 is 1.31 bits per heavy atom. The van der Waals surface area contributed by atoms with E-state index in [1.165, 1.54) is 4.68 Å². The van der Waals surface area contributed by atoms with Gasteiger partial charge in [-0.1, -0.05) is 18.2 Å². The number of rotatable bonds is 5. The predicted octanol–water partition coefficient (Wildman–Crippen LogP) is 1.12. The van der Waals surface area contributed by atoms with Gasteiger partial charge < -0.3 is 15.0 Å². The second kappa shape index (κ2) is 8.03. The molecule has 26 heavy (non-hydrogen) atoms. The first-order chi connectivity index (χ1) is 12.6. The molecule has 0 saturated carbocycles. The second-order valence-electron chi connectivity index (χ2n) is 6.49. The fourth-order valence-electron chi connectivity index (χ4n) is 3.22.